The Hall–Kier alpha value is -3.50. The molecular formula is C20H21N7O2S. The number of hydrogen-bond donors (Lipinski definition) is 3. The Balaban J connectivity index is 1.55. The van der Waals surface area contributed by atoms with Crippen LogP contribution in [0.2, 0.25) is 0 Å². The van der Waals surface area contributed by atoms with Crippen LogP contribution < -0.4 is 15.8 Å². The summed E-state index contributed by atoms with van der Waals surface area (Å²) in [5.41, 5.74) is 2.71. The molecule has 154 valence electrons. The van der Waals surface area contributed by atoms with Crippen molar-refractivity contribution in [3.63, 3.8) is 0 Å². The Morgan fingerprint density at radius 3 is 2.30 bits per heavy atom. The predicted octanol–water partition coefficient (Wildman–Crippen LogP) is 2.23. The fourth-order valence-corrected chi connectivity index (χ4v) is 3.51. The molecular weight excluding hydrogens is 402 g/mol. The van der Waals surface area contributed by atoms with Gasteiger partial charge in [-0.15, -0.1) is 0 Å². The first-order chi connectivity index (χ1) is 14.4. The first-order valence-corrected chi connectivity index (χ1v) is 10.8. The molecule has 0 atom stereocenters. The Morgan fingerprint density at radius 2 is 1.60 bits per heavy atom. The van der Waals surface area contributed by atoms with Gasteiger partial charge in [0.15, 0.2) is 5.65 Å². The third-order valence-corrected chi connectivity index (χ3v) is 5.53. The number of aryl methyl sites for hydroxylation is 1. The van der Waals surface area contributed by atoms with Gasteiger partial charge < -0.3 is 10.6 Å². The van der Waals surface area contributed by atoms with Crippen molar-refractivity contribution in [1.82, 2.24) is 19.7 Å². The summed E-state index contributed by atoms with van der Waals surface area (Å²) in [6.45, 7) is 1.04. The zero-order chi connectivity index (χ0) is 21.1. The minimum absolute atomic E-state index is 0.0790. The lowest BCUT2D eigenvalue weighted by molar-refractivity contribution is 0.598. The molecule has 0 bridgehead atoms. The molecule has 4 N–H and O–H groups in total. The van der Waals surface area contributed by atoms with Gasteiger partial charge in [-0.3, -0.25) is 4.68 Å². The minimum atomic E-state index is -3.71. The molecule has 0 unspecified atom stereocenters. The fraction of sp³-hybridized carbons (Fsp3) is 0.150. The van der Waals surface area contributed by atoms with E-state index in [1.165, 1.54) is 12.1 Å². The number of benzene rings is 2. The second-order valence-corrected chi connectivity index (χ2v) is 8.34. The van der Waals surface area contributed by atoms with Crippen LogP contribution in [0, 0.1) is 0 Å². The van der Waals surface area contributed by atoms with Gasteiger partial charge in [-0.25, -0.2) is 13.6 Å². The molecule has 0 aliphatic carbocycles. The monoisotopic (exact) mass is 423 g/mol. The largest absolute Gasteiger partial charge is 0.365 e. The van der Waals surface area contributed by atoms with Gasteiger partial charge in [-0.05, 0) is 23.3 Å². The Bertz CT molecular complexity index is 1270. The van der Waals surface area contributed by atoms with Crippen molar-refractivity contribution in [3.05, 3.63) is 71.9 Å². The highest BCUT2D eigenvalue weighted by Gasteiger charge is 2.12. The van der Waals surface area contributed by atoms with Gasteiger partial charge in [0.1, 0.15) is 5.82 Å². The molecule has 0 aliphatic rings. The maximum absolute atomic E-state index is 11.4. The number of anilines is 2. The third-order valence-electron chi connectivity index (χ3n) is 4.60. The lowest BCUT2D eigenvalue weighted by Gasteiger charge is -2.11. The lowest BCUT2D eigenvalue weighted by atomic mass is 10.2. The Kier molecular flexibility index (Phi) is 5.34. The molecule has 10 heteroatoms. The molecule has 0 spiro atoms. The SMILES string of the molecule is Cn1ncc2c(NCc3ccc(S(N)(=O)=O)cc3)nc(NCc3ccccc3)nc21. The standard InChI is InChI=1S/C20H21N7O2S/c1-27-19-17(13-24-27)18(22-11-15-7-9-16(10-8-15)30(21,28)29)25-20(26-19)23-12-14-5-3-2-4-6-14/h2-10,13H,11-12H2,1H3,(H2,21,28,29)(H2,22,23,25,26). The summed E-state index contributed by atoms with van der Waals surface area (Å²) in [4.78, 5) is 9.24. The molecule has 0 saturated carbocycles. The highest BCUT2D eigenvalue weighted by Crippen LogP contribution is 2.22. The second-order valence-electron chi connectivity index (χ2n) is 6.78. The van der Waals surface area contributed by atoms with E-state index in [0.717, 1.165) is 16.5 Å². The zero-order valence-corrected chi connectivity index (χ0v) is 17.1. The number of aromatic nitrogens is 4. The van der Waals surface area contributed by atoms with Gasteiger partial charge in [-0.2, -0.15) is 15.1 Å². The molecule has 0 amide bonds. The molecule has 0 radical (unpaired) electrons. The number of rotatable bonds is 7. The van der Waals surface area contributed by atoms with Crippen LogP contribution in [-0.4, -0.2) is 28.2 Å². The van der Waals surface area contributed by atoms with Crippen LogP contribution in [0.3, 0.4) is 0 Å². The van der Waals surface area contributed by atoms with Crippen LogP contribution in [0.1, 0.15) is 11.1 Å². The van der Waals surface area contributed by atoms with Crippen LogP contribution in [-0.2, 0) is 30.2 Å². The molecule has 0 fully saturated rings. The van der Waals surface area contributed by atoms with Crippen LogP contribution in [0.4, 0.5) is 11.8 Å². The number of sulfonamides is 1. The maximum atomic E-state index is 11.4. The highest BCUT2D eigenvalue weighted by molar-refractivity contribution is 7.89. The highest BCUT2D eigenvalue weighted by atomic mass is 32.2. The smallest absolute Gasteiger partial charge is 0.238 e. The topological polar surface area (TPSA) is 128 Å². The molecule has 4 aromatic rings. The number of nitrogens with one attached hydrogen (secondary N) is 2. The normalized spacial score (nSPS) is 11.5. The summed E-state index contributed by atoms with van der Waals surface area (Å²) >= 11 is 0. The summed E-state index contributed by atoms with van der Waals surface area (Å²) in [5, 5.41) is 16.8. The molecule has 0 aliphatic heterocycles. The van der Waals surface area contributed by atoms with Crippen molar-refractivity contribution in [3.8, 4) is 0 Å². The lowest BCUT2D eigenvalue weighted by Crippen LogP contribution is -2.12. The van der Waals surface area contributed by atoms with Crippen molar-refractivity contribution < 1.29 is 8.42 Å². The summed E-state index contributed by atoms with van der Waals surface area (Å²) in [6.07, 6.45) is 1.71. The van der Waals surface area contributed by atoms with Gasteiger partial charge in [0.25, 0.3) is 0 Å². The molecule has 4 rings (SSSR count). The van der Waals surface area contributed by atoms with Gasteiger partial charge in [0.2, 0.25) is 16.0 Å². The van der Waals surface area contributed by atoms with E-state index < -0.39 is 10.0 Å². The van der Waals surface area contributed by atoms with Crippen LogP contribution in [0.25, 0.3) is 11.0 Å². The van der Waals surface area contributed by atoms with Crippen molar-refractivity contribution in [2.24, 2.45) is 12.2 Å². The van der Waals surface area contributed by atoms with Gasteiger partial charge in [0.05, 0.1) is 16.5 Å². The van der Waals surface area contributed by atoms with Gasteiger partial charge >= 0.3 is 0 Å². The third kappa shape index (κ3) is 4.39. The van der Waals surface area contributed by atoms with E-state index >= 15 is 0 Å². The summed E-state index contributed by atoms with van der Waals surface area (Å²) in [5.74, 6) is 1.13. The fourth-order valence-electron chi connectivity index (χ4n) is 3.00. The van der Waals surface area contributed by atoms with E-state index in [0.29, 0.717) is 30.5 Å². The summed E-state index contributed by atoms with van der Waals surface area (Å²) in [7, 11) is -1.88. The number of fused-ring (bicyclic) bond motifs is 1. The van der Waals surface area contributed by atoms with E-state index in [2.05, 4.69) is 25.7 Å². The molecule has 2 aromatic carbocycles. The summed E-state index contributed by atoms with van der Waals surface area (Å²) < 4.78 is 24.5. The molecule has 30 heavy (non-hydrogen) atoms. The van der Waals surface area contributed by atoms with Crippen LogP contribution in [0.5, 0.6) is 0 Å². The van der Waals surface area contributed by atoms with Crippen molar-refractivity contribution in [2.45, 2.75) is 18.0 Å². The molecule has 2 aromatic heterocycles. The minimum Gasteiger partial charge on any atom is -0.365 e. The quantitative estimate of drug-likeness (QED) is 0.416. The average molecular weight is 424 g/mol. The Labute approximate surface area is 174 Å². The summed E-state index contributed by atoms with van der Waals surface area (Å²) in [6, 6.07) is 16.4. The predicted molar refractivity (Wildman–Crippen MR) is 115 cm³/mol. The first-order valence-electron chi connectivity index (χ1n) is 9.23. The molecule has 0 saturated heterocycles. The number of nitrogens with two attached hydrogens (primary N) is 1. The van der Waals surface area contributed by atoms with E-state index in [4.69, 9.17) is 5.14 Å². The maximum Gasteiger partial charge on any atom is 0.238 e. The van der Waals surface area contributed by atoms with E-state index in [9.17, 15) is 8.42 Å². The van der Waals surface area contributed by atoms with Crippen molar-refractivity contribution in [2.75, 3.05) is 10.6 Å². The van der Waals surface area contributed by atoms with Crippen LogP contribution in [0.15, 0.2) is 65.7 Å². The van der Waals surface area contributed by atoms with E-state index in [-0.39, 0.29) is 4.90 Å². The van der Waals surface area contributed by atoms with Crippen molar-refractivity contribution in [1.29, 1.82) is 0 Å². The van der Waals surface area contributed by atoms with Gasteiger partial charge in [-0.1, -0.05) is 42.5 Å². The number of hydrogen-bond acceptors (Lipinski definition) is 7. The van der Waals surface area contributed by atoms with E-state index in [1.807, 2.05) is 37.4 Å². The second kappa shape index (κ2) is 8.09. The first kappa shape index (κ1) is 19.8. The van der Waals surface area contributed by atoms with Gasteiger partial charge in [0, 0.05) is 20.1 Å². The van der Waals surface area contributed by atoms with E-state index in [1.54, 1.807) is 23.0 Å². The average Bonchev–Trinajstić information content (AvgIpc) is 3.12. The zero-order valence-electron chi connectivity index (χ0n) is 16.3. The molecule has 2 heterocycles. The van der Waals surface area contributed by atoms with Crippen LogP contribution >= 0.6 is 0 Å². The number of nitrogens with zero attached hydrogens (tertiary/aromatic N) is 4. The number of primary sulfonamides is 1. The van der Waals surface area contributed by atoms with Crippen molar-refractivity contribution >= 4 is 32.8 Å². The molecule has 9 nitrogen and oxygen atoms in total. The Morgan fingerprint density at radius 1 is 0.933 bits per heavy atom.